The predicted molar refractivity (Wildman–Crippen MR) is 163 cm³/mol. The smallest absolute Gasteiger partial charge is 0.329 e. The lowest BCUT2D eigenvalue weighted by Gasteiger charge is -2.32. The Labute approximate surface area is 258 Å². The van der Waals surface area contributed by atoms with Gasteiger partial charge in [0.25, 0.3) is 5.91 Å². The molecule has 3 fully saturated rings. The Morgan fingerprint density at radius 2 is 1.93 bits per heavy atom. The minimum Gasteiger partial charge on any atom is -0.482 e. The summed E-state index contributed by atoms with van der Waals surface area (Å²) in [5, 5.41) is 0.657. The van der Waals surface area contributed by atoms with Crippen LogP contribution in [0, 0.1) is 18.8 Å². The van der Waals surface area contributed by atoms with Gasteiger partial charge < -0.3 is 24.7 Å². The lowest BCUT2D eigenvalue weighted by atomic mass is 10.1. The number of fused-ring (bicyclic) bond motifs is 4. The van der Waals surface area contributed by atoms with E-state index in [1.54, 1.807) is 30.2 Å². The molecule has 4 aromatic heterocycles. The molecule has 2 N–H and O–H groups in total. The van der Waals surface area contributed by atoms with Crippen molar-refractivity contribution in [3.05, 3.63) is 41.6 Å². The number of anilines is 1. The molecule has 1 amide bonds. The fourth-order valence-corrected chi connectivity index (χ4v) is 7.84. The van der Waals surface area contributed by atoms with E-state index in [2.05, 4.69) is 4.98 Å². The normalized spacial score (nSPS) is 23.2. The number of nitrogens with two attached hydrogens (primary N) is 1. The van der Waals surface area contributed by atoms with Crippen molar-refractivity contribution in [2.45, 2.75) is 57.5 Å². The number of piperidine rings is 1. The lowest BCUT2D eigenvalue weighted by molar-refractivity contribution is 0.0173. The standard InChI is InChI=1S/C30H35F2N7O5S/c1-15-26(20-9-17-7-8-22(39(30(31)32)45(4,41)42)35-28(17)36(20)13-16-5-6-16)34-23-11-18(12-24(44-3)38(15)23)29(40)37-14-19-10-21(43-2)27(37)25(19)33/h7-9,11-12,16,19,21,25,27,30H,5-6,10,13-14,33H2,1-4H3. The molecule has 2 saturated carbocycles. The number of pyridine rings is 2. The average Bonchev–Trinajstić information content (AvgIpc) is 3.43. The summed E-state index contributed by atoms with van der Waals surface area (Å²) < 4.78 is 67.2. The van der Waals surface area contributed by atoms with Crippen LogP contribution >= 0.6 is 0 Å². The summed E-state index contributed by atoms with van der Waals surface area (Å²) in [5.74, 6) is 0.457. The summed E-state index contributed by atoms with van der Waals surface area (Å²) in [4.78, 5) is 25.0. The highest BCUT2D eigenvalue weighted by molar-refractivity contribution is 7.92. The number of rotatable bonds is 9. The Morgan fingerprint density at radius 3 is 2.56 bits per heavy atom. The SMILES string of the molecule is COc1cc(C(=O)N2CC3CC(OC)C2C3N)cc2nc(-c3cc4ccc(N(C(F)F)S(C)(=O)=O)nc4n3CC3CC3)c(C)n12. The first kappa shape index (κ1) is 29.9. The molecule has 5 heterocycles. The number of ether oxygens (including phenoxy) is 2. The van der Waals surface area contributed by atoms with Gasteiger partial charge in [-0.1, -0.05) is 0 Å². The summed E-state index contributed by atoms with van der Waals surface area (Å²) in [7, 11) is -1.10. The second kappa shape index (κ2) is 10.6. The number of hydrogen-bond donors (Lipinski definition) is 1. The van der Waals surface area contributed by atoms with E-state index in [1.165, 1.54) is 13.2 Å². The molecule has 15 heteroatoms. The Balaban J connectivity index is 1.33. The molecular formula is C30H35F2N7O5S. The Kier molecular flexibility index (Phi) is 7.05. The van der Waals surface area contributed by atoms with Gasteiger partial charge in [0.2, 0.25) is 10.0 Å². The average molecular weight is 644 g/mol. The van der Waals surface area contributed by atoms with Gasteiger partial charge in [-0.25, -0.2) is 18.4 Å². The van der Waals surface area contributed by atoms with Crippen molar-refractivity contribution in [1.82, 2.24) is 23.8 Å². The number of amides is 1. The van der Waals surface area contributed by atoms with Crippen molar-refractivity contribution >= 4 is 38.4 Å². The molecule has 1 saturated heterocycles. The Morgan fingerprint density at radius 1 is 1.18 bits per heavy atom. The van der Waals surface area contributed by atoms with Crippen molar-refractivity contribution in [3.8, 4) is 17.3 Å². The summed E-state index contributed by atoms with van der Waals surface area (Å²) in [6.45, 7) is -0.264. The highest BCUT2D eigenvalue weighted by Gasteiger charge is 2.53. The zero-order chi connectivity index (χ0) is 31.9. The lowest BCUT2D eigenvalue weighted by Crippen LogP contribution is -2.48. The first-order chi connectivity index (χ1) is 21.4. The molecule has 240 valence electrons. The number of carbonyl (C=O) groups excluding carboxylic acids is 1. The Hall–Kier alpha value is -3.82. The van der Waals surface area contributed by atoms with Gasteiger partial charge in [0.1, 0.15) is 22.8 Å². The minimum absolute atomic E-state index is 0.0219. The number of nitrogens with zero attached hydrogens (tertiary/aromatic N) is 6. The predicted octanol–water partition coefficient (Wildman–Crippen LogP) is 3.25. The number of aryl methyl sites for hydroxylation is 1. The number of imidazole rings is 1. The van der Waals surface area contributed by atoms with E-state index in [0.717, 1.165) is 31.2 Å². The third-order valence-electron chi connectivity index (χ3n) is 9.45. The molecule has 4 atom stereocenters. The van der Waals surface area contributed by atoms with Crippen LogP contribution in [-0.2, 0) is 21.3 Å². The quantitative estimate of drug-likeness (QED) is 0.275. The molecule has 7 rings (SSSR count). The number of methoxy groups -OCH3 is 2. The van der Waals surface area contributed by atoms with Crippen LogP contribution in [0.3, 0.4) is 0 Å². The van der Waals surface area contributed by atoms with E-state index < -0.39 is 16.6 Å². The maximum Gasteiger partial charge on any atom is 0.329 e. The van der Waals surface area contributed by atoms with Crippen LogP contribution in [0.2, 0.25) is 0 Å². The van der Waals surface area contributed by atoms with E-state index in [0.29, 0.717) is 58.5 Å². The monoisotopic (exact) mass is 643 g/mol. The summed E-state index contributed by atoms with van der Waals surface area (Å²) >= 11 is 0. The highest BCUT2D eigenvalue weighted by Crippen LogP contribution is 2.41. The van der Waals surface area contributed by atoms with Gasteiger partial charge in [0, 0.05) is 43.3 Å². The fraction of sp³-hybridized carbons (Fsp3) is 0.500. The van der Waals surface area contributed by atoms with Crippen LogP contribution in [0.25, 0.3) is 28.1 Å². The van der Waals surface area contributed by atoms with Crippen LogP contribution in [-0.4, -0.2) is 89.9 Å². The zero-order valence-electron chi connectivity index (χ0n) is 25.4. The number of alkyl halides is 2. The van der Waals surface area contributed by atoms with Crippen LogP contribution in [0.4, 0.5) is 14.6 Å². The van der Waals surface area contributed by atoms with Gasteiger partial charge in [-0.3, -0.25) is 9.20 Å². The fourth-order valence-electron chi connectivity index (χ4n) is 7.11. The number of hydrogen-bond acceptors (Lipinski definition) is 8. The maximum atomic E-state index is 13.8. The molecule has 0 aromatic carbocycles. The van der Waals surface area contributed by atoms with Crippen LogP contribution in [0.1, 0.15) is 35.3 Å². The van der Waals surface area contributed by atoms with Crippen molar-refractivity contribution < 1.29 is 31.5 Å². The number of carbonyl (C=O) groups is 1. The van der Waals surface area contributed by atoms with E-state index in [4.69, 9.17) is 20.2 Å². The minimum atomic E-state index is -4.28. The van der Waals surface area contributed by atoms with Crippen LogP contribution in [0.15, 0.2) is 30.3 Å². The third kappa shape index (κ3) is 4.82. The van der Waals surface area contributed by atoms with Gasteiger partial charge in [-0.2, -0.15) is 13.1 Å². The largest absolute Gasteiger partial charge is 0.482 e. The van der Waals surface area contributed by atoms with Crippen LogP contribution < -0.4 is 14.8 Å². The zero-order valence-corrected chi connectivity index (χ0v) is 26.2. The first-order valence-corrected chi connectivity index (χ1v) is 16.7. The Bertz CT molecular complexity index is 1940. The second-order valence-corrected chi connectivity index (χ2v) is 14.2. The maximum absolute atomic E-state index is 13.8. The molecule has 1 aliphatic heterocycles. The second-order valence-electron chi connectivity index (χ2n) is 12.3. The van der Waals surface area contributed by atoms with Crippen molar-refractivity contribution in [3.63, 3.8) is 0 Å². The molecular weight excluding hydrogens is 608 g/mol. The van der Waals surface area contributed by atoms with Gasteiger partial charge in [-0.15, -0.1) is 0 Å². The van der Waals surface area contributed by atoms with E-state index >= 15 is 0 Å². The summed E-state index contributed by atoms with van der Waals surface area (Å²) in [6, 6.07) is 7.84. The molecule has 2 aliphatic carbocycles. The van der Waals surface area contributed by atoms with Crippen molar-refractivity contribution in [2.75, 3.05) is 31.3 Å². The molecule has 0 spiro atoms. The number of halogens is 2. The molecule has 4 aromatic rings. The summed E-state index contributed by atoms with van der Waals surface area (Å²) in [6.07, 6.45) is 3.48. The molecule has 3 aliphatic rings. The van der Waals surface area contributed by atoms with E-state index in [9.17, 15) is 22.0 Å². The number of likely N-dealkylation sites (tertiary alicyclic amines) is 1. The molecule has 45 heavy (non-hydrogen) atoms. The van der Waals surface area contributed by atoms with Crippen LogP contribution in [0.5, 0.6) is 5.88 Å². The first-order valence-electron chi connectivity index (χ1n) is 14.9. The van der Waals surface area contributed by atoms with Crippen molar-refractivity contribution in [1.29, 1.82) is 0 Å². The van der Waals surface area contributed by atoms with Gasteiger partial charge in [0.05, 0.1) is 36.9 Å². The van der Waals surface area contributed by atoms with E-state index in [-0.39, 0.29) is 40.1 Å². The third-order valence-corrected chi connectivity index (χ3v) is 10.5. The highest BCUT2D eigenvalue weighted by atomic mass is 32.2. The van der Waals surface area contributed by atoms with Gasteiger partial charge >= 0.3 is 6.55 Å². The molecule has 2 bridgehead atoms. The summed E-state index contributed by atoms with van der Waals surface area (Å²) in [5.41, 5.74) is 9.80. The van der Waals surface area contributed by atoms with Crippen molar-refractivity contribution in [2.24, 2.45) is 17.6 Å². The molecule has 12 nitrogen and oxygen atoms in total. The van der Waals surface area contributed by atoms with Gasteiger partial charge in [0.15, 0.2) is 5.88 Å². The topological polar surface area (TPSA) is 137 Å². The number of aromatic nitrogens is 4. The number of sulfonamides is 1. The molecule has 0 radical (unpaired) electrons. The van der Waals surface area contributed by atoms with Gasteiger partial charge in [-0.05, 0) is 62.3 Å². The molecule has 4 unspecified atom stereocenters. The van der Waals surface area contributed by atoms with E-state index in [1.807, 2.05) is 22.0 Å².